The van der Waals surface area contributed by atoms with Crippen LogP contribution in [0.15, 0.2) is 0 Å². The van der Waals surface area contributed by atoms with Crippen LogP contribution < -0.4 is 17.0 Å². The molecule has 0 radical (unpaired) electrons. The monoisotopic (exact) mass is 94.1 g/mol. The first-order valence-corrected chi connectivity index (χ1v) is 0. The van der Waals surface area contributed by atoms with E-state index in [4.69, 9.17) is 0 Å². The number of halogens is 3. The lowest BCUT2D eigenvalue weighted by Crippen LogP contribution is -3.00. The van der Waals surface area contributed by atoms with Crippen LogP contribution in [0.25, 0.3) is 0 Å². The highest BCUT2D eigenvalue weighted by Crippen LogP contribution is 0.421. The fourth-order valence-electron chi connectivity index (χ4n) is 0. The van der Waals surface area contributed by atoms with E-state index >= 15 is 0 Å². The molecule has 0 unspecified atom stereocenters. The molecule has 0 aliphatic heterocycles. The van der Waals surface area contributed by atoms with E-state index in [0.29, 0.717) is 0 Å². The van der Waals surface area contributed by atoms with Gasteiger partial charge in [-0.1, -0.05) is 0 Å². The van der Waals surface area contributed by atoms with Crippen molar-refractivity contribution >= 4 is 0 Å². The molecule has 0 aromatic heterocycles. The lowest BCUT2D eigenvalue weighted by molar-refractivity contribution is -0.00000274. The van der Waals surface area contributed by atoms with Crippen molar-refractivity contribution in [3.05, 3.63) is 0 Å². The Labute approximate surface area is 29.3 Å². The summed E-state index contributed by atoms with van der Waals surface area (Å²) in [5.74, 6) is 0. The average Bonchev–Trinajstić information content (AvgIpc) is 0. The molecule has 0 rings (SSSR count). The van der Waals surface area contributed by atoms with Gasteiger partial charge in [0.05, 0.1) is 0 Å². The van der Waals surface area contributed by atoms with Crippen molar-refractivity contribution in [2.45, 2.75) is 0 Å². The molecule has 0 aromatic rings. The molecule has 0 spiro atoms. The summed E-state index contributed by atoms with van der Waals surface area (Å²) in [4.78, 5) is 0. The number of hydrogen-bond acceptors (Lipinski definition) is 2. The Bertz CT molecular complexity index is 8.75. The maximum Gasteiger partial charge on any atom is 1.00 e. The Kier molecular flexibility index (Phi) is 49900. The molecule has 2 nitrogen and oxygen atoms in total. The standard InChI is InChI=1S/3FH.2H3N/h3*1H;2*1H3. The third-order valence-corrected chi connectivity index (χ3v) is 0. The zero-order chi connectivity index (χ0) is 0. The van der Waals surface area contributed by atoms with Crippen molar-refractivity contribution in [2.24, 2.45) is 0 Å². The summed E-state index contributed by atoms with van der Waals surface area (Å²) in [5, 5.41) is 0. The van der Waals surface area contributed by atoms with E-state index in [1.165, 1.54) is 0 Å². The first-order valence-electron chi connectivity index (χ1n) is 0. The quantitative estimate of drug-likeness (QED) is 0.356. The molecule has 0 saturated heterocycles. The van der Waals surface area contributed by atoms with Crippen molar-refractivity contribution in [1.29, 1.82) is 0 Å². The van der Waals surface area contributed by atoms with Gasteiger partial charge >= 0.3 is 1.43 Å². The molecule has 0 amide bonds. The second-order valence-electron chi connectivity index (χ2n) is 0. The van der Waals surface area contributed by atoms with Crippen LogP contribution in [-0.2, 0) is 0 Å². The van der Waals surface area contributed by atoms with Gasteiger partial charge in [-0.15, -0.1) is 0 Å². The Morgan fingerprint density at radius 2 is 0.800 bits per heavy atom. The van der Waals surface area contributed by atoms with Gasteiger partial charge in [0, 0.05) is 0 Å². The largest absolute Gasteiger partial charge is 1.00 e. The van der Waals surface area contributed by atoms with Crippen molar-refractivity contribution in [3.8, 4) is 0 Å². The van der Waals surface area contributed by atoms with Crippen molar-refractivity contribution in [3.63, 3.8) is 0 Å². The Hall–Kier alpha value is -0.290. The minimum absolute atomic E-state index is 0. The predicted octanol–water partition coefficient (Wildman–Crippen LogP) is -2.25. The van der Waals surface area contributed by atoms with E-state index in [2.05, 4.69) is 0 Å². The number of hydrogen-bond donors (Lipinski definition) is 2. The van der Waals surface area contributed by atoms with E-state index in [0.717, 1.165) is 0 Å². The molecule has 0 heterocycles. The highest BCUT2D eigenvalue weighted by molar-refractivity contribution is 2.14. The lowest BCUT2D eigenvalue weighted by atomic mass is 14.0. The van der Waals surface area contributed by atoms with Crippen LogP contribution in [0.1, 0.15) is 1.43 Å². The van der Waals surface area contributed by atoms with Crippen LogP contribution in [0.5, 0.6) is 0 Å². The van der Waals surface area contributed by atoms with Crippen molar-refractivity contribution < 1.29 is 15.5 Å². The third-order valence-electron chi connectivity index (χ3n) is 0. The van der Waals surface area contributed by atoms with Crippen molar-refractivity contribution in [1.82, 2.24) is 12.3 Å². The molecular formula is H9F3N2. The zero-order valence-corrected chi connectivity index (χ0v) is 2.61. The maximum absolute atomic E-state index is 0. The second-order valence-corrected chi connectivity index (χ2v) is 0. The molecule has 40 valence electrons. The zero-order valence-electron chi connectivity index (χ0n) is 3.61. The molecule has 0 bridgehead atoms. The van der Waals surface area contributed by atoms with Gasteiger partial charge in [0.25, 0.3) is 0 Å². The molecule has 0 fully saturated rings. The topological polar surface area (TPSA) is 70.0 Å². The Morgan fingerprint density at radius 3 is 0.800 bits per heavy atom. The van der Waals surface area contributed by atoms with E-state index in [9.17, 15) is 0 Å². The van der Waals surface area contributed by atoms with Crippen LogP contribution in [-0.4, -0.2) is 0 Å². The molecule has 6 N–H and O–H groups in total. The predicted molar refractivity (Wildman–Crippen MR) is 16.2 cm³/mol. The molecule has 5 heteroatoms. The highest BCUT2D eigenvalue weighted by Gasteiger charge is -0.268. The Morgan fingerprint density at radius 1 is 0.800 bits per heavy atom. The van der Waals surface area contributed by atoms with E-state index < -0.39 is 0 Å². The van der Waals surface area contributed by atoms with E-state index in [-0.39, 0.29) is 27.8 Å². The summed E-state index contributed by atoms with van der Waals surface area (Å²) in [5.41, 5.74) is 0. The van der Waals surface area contributed by atoms with Gasteiger partial charge in [-0.3, -0.25) is 9.41 Å². The van der Waals surface area contributed by atoms with Crippen LogP contribution in [0.4, 0.5) is 9.41 Å². The summed E-state index contributed by atoms with van der Waals surface area (Å²) in [7, 11) is 0. The smallest absolute Gasteiger partial charge is 1.00 e. The summed E-state index contributed by atoms with van der Waals surface area (Å²) < 4.78 is 0. The first kappa shape index (κ1) is 771. The third kappa shape index (κ3) is 129. The van der Waals surface area contributed by atoms with Gasteiger partial charge in [-0.05, 0) is 0 Å². The van der Waals surface area contributed by atoms with E-state index in [1.54, 1.807) is 0 Å². The summed E-state index contributed by atoms with van der Waals surface area (Å²) in [6.45, 7) is 0. The molecule has 0 aromatic carbocycles. The lowest BCUT2D eigenvalue weighted by Gasteiger charge is -1.00. The highest BCUT2D eigenvalue weighted by atomic mass is 19.0. The van der Waals surface area contributed by atoms with Crippen LogP contribution in [0, 0.1) is 0 Å². The second kappa shape index (κ2) is 324. The fourth-order valence-corrected chi connectivity index (χ4v) is 0. The SMILES string of the molecule is F.F.N.N.[F-].[H+]. The normalized spacial score (nSPS) is 0. The Balaban J connectivity index is 0. The molecular weight excluding hydrogens is 85.0 g/mol. The van der Waals surface area contributed by atoms with Gasteiger partial charge in [-0.25, -0.2) is 0 Å². The minimum Gasteiger partial charge on any atom is -1.00 e. The van der Waals surface area contributed by atoms with Crippen LogP contribution >= 0.6 is 0 Å². The van der Waals surface area contributed by atoms with Gasteiger partial charge in [0.1, 0.15) is 0 Å². The maximum atomic E-state index is 0. The van der Waals surface area contributed by atoms with Gasteiger partial charge in [0.15, 0.2) is 0 Å². The first-order chi connectivity index (χ1) is 0. The number of rotatable bonds is 0. The van der Waals surface area contributed by atoms with Gasteiger partial charge in [0.2, 0.25) is 0 Å². The van der Waals surface area contributed by atoms with Crippen molar-refractivity contribution in [2.75, 3.05) is 0 Å². The molecule has 0 aliphatic rings. The average molecular weight is 94.1 g/mol. The molecule has 5 heavy (non-hydrogen) atoms. The van der Waals surface area contributed by atoms with E-state index in [1.807, 2.05) is 0 Å². The summed E-state index contributed by atoms with van der Waals surface area (Å²) >= 11 is 0. The summed E-state index contributed by atoms with van der Waals surface area (Å²) in [6.07, 6.45) is 0. The van der Waals surface area contributed by atoms with Crippen LogP contribution in [0.3, 0.4) is 0 Å². The summed E-state index contributed by atoms with van der Waals surface area (Å²) in [6, 6.07) is 0. The van der Waals surface area contributed by atoms with Crippen LogP contribution in [0.2, 0.25) is 0 Å². The molecule has 0 atom stereocenters. The minimum atomic E-state index is 0. The fraction of sp³-hybridized carbons (Fsp3) is 0. The molecule has 0 aliphatic carbocycles. The van der Waals surface area contributed by atoms with Gasteiger partial charge < -0.3 is 17.0 Å². The molecule has 0 saturated carbocycles. The van der Waals surface area contributed by atoms with Gasteiger partial charge in [-0.2, -0.15) is 0 Å².